The first-order chi connectivity index (χ1) is 10.2. The average Bonchev–Trinajstić information content (AvgIpc) is 2.48. The highest BCUT2D eigenvalue weighted by atomic mass is 16.5. The van der Waals surface area contributed by atoms with E-state index in [1.54, 1.807) is 6.92 Å². The largest absolute Gasteiger partial charge is 0.457 e. The molecule has 1 aliphatic heterocycles. The molecule has 0 radical (unpaired) electrons. The second-order valence-corrected chi connectivity index (χ2v) is 4.98. The van der Waals surface area contributed by atoms with Crippen molar-refractivity contribution in [2.75, 3.05) is 6.61 Å². The van der Waals surface area contributed by atoms with Crippen LogP contribution in [0.15, 0.2) is 42.5 Å². The Kier molecular flexibility index (Phi) is 3.52. The number of amides is 1. The number of hydrogen-bond acceptors (Lipinski definition) is 3. The van der Waals surface area contributed by atoms with Gasteiger partial charge in [-0.1, -0.05) is 29.8 Å². The molecule has 0 unspecified atom stereocenters. The van der Waals surface area contributed by atoms with Crippen molar-refractivity contribution in [1.82, 2.24) is 5.32 Å². The van der Waals surface area contributed by atoms with Crippen LogP contribution in [0.5, 0.6) is 11.5 Å². The predicted octanol–water partition coefficient (Wildman–Crippen LogP) is 3.94. The van der Waals surface area contributed by atoms with E-state index in [4.69, 9.17) is 9.47 Å². The van der Waals surface area contributed by atoms with E-state index in [-0.39, 0.29) is 6.04 Å². The first-order valence-corrected chi connectivity index (χ1v) is 6.99. The Morgan fingerprint density at radius 3 is 2.76 bits per heavy atom. The molecule has 1 N–H and O–H groups in total. The van der Waals surface area contributed by atoms with Gasteiger partial charge in [0.05, 0.1) is 12.6 Å². The van der Waals surface area contributed by atoms with E-state index in [9.17, 15) is 4.79 Å². The molecular weight excluding hydrogens is 266 g/mol. The Bertz CT molecular complexity index is 681. The zero-order valence-electron chi connectivity index (χ0n) is 12.1. The molecule has 1 atom stereocenters. The minimum Gasteiger partial charge on any atom is -0.457 e. The molecule has 0 spiro atoms. The number of fused-ring (bicyclic) bond motifs is 2. The maximum Gasteiger partial charge on any atom is 0.407 e. The fraction of sp³-hybridized carbons (Fsp3) is 0.235. The Balaban J connectivity index is 2.04. The molecule has 0 saturated carbocycles. The van der Waals surface area contributed by atoms with Crippen molar-refractivity contribution >= 4 is 6.09 Å². The van der Waals surface area contributed by atoms with E-state index >= 15 is 0 Å². The van der Waals surface area contributed by atoms with Gasteiger partial charge in [-0.2, -0.15) is 0 Å². The van der Waals surface area contributed by atoms with Gasteiger partial charge >= 0.3 is 6.09 Å². The van der Waals surface area contributed by atoms with Crippen molar-refractivity contribution < 1.29 is 14.3 Å². The molecule has 0 saturated heterocycles. The fourth-order valence-corrected chi connectivity index (χ4v) is 2.53. The number of carbonyl (C=O) groups excluding carboxylic acids is 1. The highest BCUT2D eigenvalue weighted by Gasteiger charge is 2.28. The van der Waals surface area contributed by atoms with E-state index < -0.39 is 6.09 Å². The lowest BCUT2D eigenvalue weighted by atomic mass is 9.93. The third-order valence-electron chi connectivity index (χ3n) is 3.46. The number of ether oxygens (including phenoxy) is 2. The normalized spacial score (nSPS) is 15.4. The summed E-state index contributed by atoms with van der Waals surface area (Å²) in [7, 11) is 0. The molecule has 0 bridgehead atoms. The third kappa shape index (κ3) is 2.57. The van der Waals surface area contributed by atoms with E-state index in [1.807, 2.05) is 49.4 Å². The molecule has 1 aliphatic rings. The van der Waals surface area contributed by atoms with Crippen molar-refractivity contribution in [3.8, 4) is 11.5 Å². The summed E-state index contributed by atoms with van der Waals surface area (Å²) >= 11 is 0. The number of para-hydroxylation sites is 1. The summed E-state index contributed by atoms with van der Waals surface area (Å²) < 4.78 is 10.9. The molecule has 108 valence electrons. The minimum absolute atomic E-state index is 0.260. The van der Waals surface area contributed by atoms with Crippen LogP contribution in [-0.4, -0.2) is 12.7 Å². The molecule has 0 aromatic heterocycles. The van der Waals surface area contributed by atoms with Gasteiger partial charge in [0.2, 0.25) is 0 Å². The van der Waals surface area contributed by atoms with Gasteiger partial charge in [-0.3, -0.25) is 0 Å². The Hall–Kier alpha value is -2.49. The van der Waals surface area contributed by atoms with E-state index in [0.717, 1.165) is 28.2 Å². The van der Waals surface area contributed by atoms with E-state index in [1.165, 1.54) is 0 Å². The zero-order valence-corrected chi connectivity index (χ0v) is 12.1. The lowest BCUT2D eigenvalue weighted by Gasteiger charge is -2.28. The Morgan fingerprint density at radius 2 is 1.95 bits per heavy atom. The lowest BCUT2D eigenvalue weighted by Crippen LogP contribution is -2.31. The monoisotopic (exact) mass is 283 g/mol. The number of benzene rings is 2. The fourth-order valence-electron chi connectivity index (χ4n) is 2.53. The smallest absolute Gasteiger partial charge is 0.407 e. The van der Waals surface area contributed by atoms with Crippen molar-refractivity contribution in [1.29, 1.82) is 0 Å². The number of alkyl carbamates (subject to hydrolysis) is 1. The standard InChI is InChI=1S/C17H17NO3/c1-3-20-17(19)18-16-12-6-4-5-7-14(12)21-15-9-8-11(2)10-13(15)16/h4-10,16H,3H2,1-2H3,(H,18,19)/t16-/m0/s1. The second-order valence-electron chi connectivity index (χ2n) is 4.98. The van der Waals surface area contributed by atoms with Gasteiger partial charge in [-0.05, 0) is 32.0 Å². The molecule has 0 fully saturated rings. The molecule has 1 heterocycles. The van der Waals surface area contributed by atoms with Gasteiger partial charge in [0, 0.05) is 11.1 Å². The van der Waals surface area contributed by atoms with Gasteiger partial charge in [-0.15, -0.1) is 0 Å². The van der Waals surface area contributed by atoms with E-state index in [2.05, 4.69) is 5.32 Å². The molecule has 21 heavy (non-hydrogen) atoms. The number of hydrogen-bond donors (Lipinski definition) is 1. The summed E-state index contributed by atoms with van der Waals surface area (Å²) in [6, 6.07) is 13.4. The summed E-state index contributed by atoms with van der Waals surface area (Å²) in [6.45, 7) is 4.15. The lowest BCUT2D eigenvalue weighted by molar-refractivity contribution is 0.149. The first-order valence-electron chi connectivity index (χ1n) is 6.99. The molecule has 4 nitrogen and oxygen atoms in total. The summed E-state index contributed by atoms with van der Waals surface area (Å²) in [5.74, 6) is 1.52. The Morgan fingerprint density at radius 1 is 1.19 bits per heavy atom. The van der Waals surface area contributed by atoms with Crippen LogP contribution < -0.4 is 10.1 Å². The van der Waals surface area contributed by atoms with Crippen LogP contribution in [-0.2, 0) is 4.74 Å². The number of carbonyl (C=O) groups is 1. The van der Waals surface area contributed by atoms with Gasteiger partial charge in [0.1, 0.15) is 11.5 Å². The Labute approximate surface area is 123 Å². The van der Waals surface area contributed by atoms with Crippen LogP contribution in [0.25, 0.3) is 0 Å². The van der Waals surface area contributed by atoms with Gasteiger partial charge in [0.15, 0.2) is 0 Å². The predicted molar refractivity (Wildman–Crippen MR) is 79.7 cm³/mol. The van der Waals surface area contributed by atoms with Crippen molar-refractivity contribution in [3.05, 3.63) is 59.2 Å². The molecule has 3 rings (SSSR count). The van der Waals surface area contributed by atoms with Crippen LogP contribution in [0.4, 0.5) is 4.79 Å². The number of nitrogens with one attached hydrogen (secondary N) is 1. The molecular formula is C17H17NO3. The average molecular weight is 283 g/mol. The molecule has 0 aliphatic carbocycles. The first kappa shape index (κ1) is 13.5. The topological polar surface area (TPSA) is 47.6 Å². The quantitative estimate of drug-likeness (QED) is 0.908. The molecule has 2 aromatic carbocycles. The summed E-state index contributed by atoms with van der Waals surface area (Å²) in [6.07, 6.45) is -0.424. The van der Waals surface area contributed by atoms with Crippen molar-refractivity contribution in [2.45, 2.75) is 19.9 Å². The van der Waals surface area contributed by atoms with Crippen LogP contribution in [0.3, 0.4) is 0 Å². The molecule has 1 amide bonds. The SMILES string of the molecule is CCOC(=O)N[C@H]1c2ccccc2Oc2ccc(C)cc21. The molecule has 2 aromatic rings. The maximum atomic E-state index is 11.8. The number of aryl methyl sites for hydroxylation is 1. The number of rotatable bonds is 2. The summed E-state index contributed by atoms with van der Waals surface area (Å²) in [5, 5.41) is 2.92. The van der Waals surface area contributed by atoms with Crippen LogP contribution in [0.1, 0.15) is 29.7 Å². The maximum absolute atomic E-state index is 11.8. The summed E-state index contributed by atoms with van der Waals surface area (Å²) in [4.78, 5) is 11.8. The summed E-state index contributed by atoms with van der Waals surface area (Å²) in [5.41, 5.74) is 3.00. The second kappa shape index (κ2) is 5.48. The third-order valence-corrected chi connectivity index (χ3v) is 3.46. The van der Waals surface area contributed by atoms with E-state index in [0.29, 0.717) is 6.61 Å². The van der Waals surface area contributed by atoms with Crippen LogP contribution in [0.2, 0.25) is 0 Å². The van der Waals surface area contributed by atoms with Gasteiger partial charge in [0.25, 0.3) is 0 Å². The zero-order chi connectivity index (χ0) is 14.8. The highest BCUT2D eigenvalue weighted by molar-refractivity contribution is 5.70. The van der Waals surface area contributed by atoms with Crippen molar-refractivity contribution in [2.24, 2.45) is 0 Å². The van der Waals surface area contributed by atoms with Gasteiger partial charge < -0.3 is 14.8 Å². The minimum atomic E-state index is -0.424. The van der Waals surface area contributed by atoms with Gasteiger partial charge in [-0.25, -0.2) is 4.79 Å². The highest BCUT2D eigenvalue weighted by Crippen LogP contribution is 2.42. The van der Waals surface area contributed by atoms with Crippen molar-refractivity contribution in [3.63, 3.8) is 0 Å². The van der Waals surface area contributed by atoms with Crippen LogP contribution in [0, 0.1) is 6.92 Å². The molecule has 4 heteroatoms. The van der Waals surface area contributed by atoms with Crippen LogP contribution >= 0.6 is 0 Å².